The Bertz CT molecular complexity index is 504. The molecule has 1 aliphatic rings. The van der Waals surface area contributed by atoms with Gasteiger partial charge in [0.2, 0.25) is 0 Å². The summed E-state index contributed by atoms with van der Waals surface area (Å²) >= 11 is 0. The van der Waals surface area contributed by atoms with E-state index in [2.05, 4.69) is 34.8 Å². The van der Waals surface area contributed by atoms with E-state index in [-0.39, 0.29) is 0 Å². The molecule has 19 heavy (non-hydrogen) atoms. The first kappa shape index (κ1) is 13.8. The molecule has 1 unspecified atom stereocenters. The van der Waals surface area contributed by atoms with Crippen LogP contribution >= 0.6 is 0 Å². The zero-order chi connectivity index (χ0) is 14.0. The Morgan fingerprint density at radius 3 is 2.79 bits per heavy atom. The largest absolute Gasteiger partial charge is 0.366 e. The van der Waals surface area contributed by atoms with E-state index in [1.165, 1.54) is 0 Å². The van der Waals surface area contributed by atoms with Gasteiger partial charge >= 0.3 is 0 Å². The number of aryl methyl sites for hydroxylation is 2. The Hall–Kier alpha value is -1.60. The molecule has 0 aliphatic carbocycles. The first-order valence-corrected chi connectivity index (χ1v) is 6.86. The van der Waals surface area contributed by atoms with Crippen LogP contribution in [0.15, 0.2) is 6.07 Å². The second kappa shape index (κ2) is 5.58. The average Bonchev–Trinajstić information content (AvgIpc) is 2.49. The number of likely N-dealkylation sites (N-methyl/N-ethyl adjacent to an activating group) is 1. The van der Waals surface area contributed by atoms with Gasteiger partial charge in [-0.2, -0.15) is 5.26 Å². The molecule has 2 rings (SSSR count). The lowest BCUT2D eigenvalue weighted by Gasteiger charge is -2.31. The maximum atomic E-state index is 9.40. The van der Waals surface area contributed by atoms with Gasteiger partial charge in [0.25, 0.3) is 0 Å². The predicted octanol–water partition coefficient (Wildman–Crippen LogP) is 2.10. The average molecular weight is 258 g/mol. The summed E-state index contributed by atoms with van der Waals surface area (Å²) in [5.41, 5.74) is 3.59. The minimum absolute atomic E-state index is 0.417. The highest BCUT2D eigenvalue weighted by molar-refractivity contribution is 5.62. The van der Waals surface area contributed by atoms with Gasteiger partial charge < -0.3 is 9.80 Å². The fourth-order valence-corrected chi connectivity index (χ4v) is 2.90. The van der Waals surface area contributed by atoms with E-state index < -0.39 is 0 Å². The highest BCUT2D eigenvalue weighted by Gasteiger charge is 2.23. The van der Waals surface area contributed by atoms with Gasteiger partial charge in [0, 0.05) is 24.8 Å². The third-order valence-corrected chi connectivity index (χ3v) is 3.78. The van der Waals surface area contributed by atoms with Crippen molar-refractivity contribution in [3.8, 4) is 6.07 Å². The smallest absolute Gasteiger partial charge is 0.103 e. The minimum atomic E-state index is 0.417. The number of hydrogen-bond donors (Lipinski definition) is 0. The van der Waals surface area contributed by atoms with Crippen LogP contribution in [-0.4, -0.2) is 42.6 Å². The monoisotopic (exact) mass is 258 g/mol. The summed E-state index contributed by atoms with van der Waals surface area (Å²) in [6, 6.07) is 4.79. The number of anilines is 1. The van der Waals surface area contributed by atoms with Crippen molar-refractivity contribution in [3.05, 3.63) is 23.0 Å². The molecule has 102 valence electrons. The molecule has 0 aromatic carbocycles. The van der Waals surface area contributed by atoms with Crippen LogP contribution in [0.3, 0.4) is 0 Å². The Labute approximate surface area is 115 Å². The maximum Gasteiger partial charge on any atom is 0.103 e. The molecular weight excluding hydrogens is 236 g/mol. The van der Waals surface area contributed by atoms with Crippen molar-refractivity contribution in [2.24, 2.45) is 0 Å². The van der Waals surface area contributed by atoms with Crippen molar-refractivity contribution >= 4 is 5.69 Å². The number of nitriles is 1. The van der Waals surface area contributed by atoms with Crippen LogP contribution < -0.4 is 4.90 Å². The molecule has 1 aliphatic heterocycles. The van der Waals surface area contributed by atoms with E-state index in [0.717, 1.165) is 48.7 Å². The van der Waals surface area contributed by atoms with Gasteiger partial charge in [0.1, 0.15) is 6.07 Å². The molecular formula is C15H22N4. The third kappa shape index (κ3) is 2.87. The van der Waals surface area contributed by atoms with Crippen LogP contribution in [0.5, 0.6) is 0 Å². The summed E-state index contributed by atoms with van der Waals surface area (Å²) in [6.07, 6.45) is 1.13. The molecule has 4 nitrogen and oxygen atoms in total. The second-order valence-corrected chi connectivity index (χ2v) is 5.51. The van der Waals surface area contributed by atoms with Crippen molar-refractivity contribution < 1.29 is 0 Å². The van der Waals surface area contributed by atoms with Crippen LogP contribution in [0.1, 0.15) is 30.3 Å². The molecule has 1 aromatic heterocycles. The molecule has 0 bridgehead atoms. The van der Waals surface area contributed by atoms with Crippen LogP contribution in [0.25, 0.3) is 0 Å². The van der Waals surface area contributed by atoms with Crippen LogP contribution in [-0.2, 0) is 0 Å². The molecule has 1 atom stereocenters. The predicted molar refractivity (Wildman–Crippen MR) is 77.3 cm³/mol. The third-order valence-electron chi connectivity index (χ3n) is 3.78. The zero-order valence-corrected chi connectivity index (χ0v) is 12.3. The molecule has 2 heterocycles. The molecule has 0 N–H and O–H groups in total. The van der Waals surface area contributed by atoms with E-state index in [4.69, 9.17) is 0 Å². The molecule has 1 fully saturated rings. The van der Waals surface area contributed by atoms with Gasteiger partial charge in [-0.05, 0) is 46.9 Å². The van der Waals surface area contributed by atoms with Crippen molar-refractivity contribution in [2.45, 2.75) is 33.2 Å². The normalized spacial score (nSPS) is 21.0. The number of aromatic nitrogens is 1. The fourth-order valence-electron chi connectivity index (χ4n) is 2.90. The summed E-state index contributed by atoms with van der Waals surface area (Å²) in [4.78, 5) is 9.13. The first-order chi connectivity index (χ1) is 9.02. The van der Waals surface area contributed by atoms with E-state index >= 15 is 0 Å². The molecule has 0 amide bonds. The molecule has 0 spiro atoms. The van der Waals surface area contributed by atoms with Gasteiger partial charge in [0.05, 0.1) is 16.9 Å². The van der Waals surface area contributed by atoms with Crippen molar-refractivity contribution in [2.75, 3.05) is 31.6 Å². The Morgan fingerprint density at radius 2 is 2.11 bits per heavy atom. The second-order valence-electron chi connectivity index (χ2n) is 5.51. The Kier molecular flexibility index (Phi) is 4.06. The van der Waals surface area contributed by atoms with E-state index in [0.29, 0.717) is 6.04 Å². The first-order valence-electron chi connectivity index (χ1n) is 6.86. The van der Waals surface area contributed by atoms with Crippen molar-refractivity contribution in [1.82, 2.24) is 9.88 Å². The highest BCUT2D eigenvalue weighted by Crippen LogP contribution is 2.26. The number of rotatable bonds is 1. The van der Waals surface area contributed by atoms with Crippen LogP contribution in [0.2, 0.25) is 0 Å². The fraction of sp³-hybridized carbons (Fsp3) is 0.600. The lowest BCUT2D eigenvalue weighted by Crippen LogP contribution is -2.38. The standard InChI is InChI=1S/C15H22N4/c1-11-8-15(14(9-16)13(3)17-11)19-7-5-6-18(4)10-12(19)2/h8,12H,5-7,10H2,1-4H3. The topological polar surface area (TPSA) is 43.2 Å². The lowest BCUT2D eigenvalue weighted by molar-refractivity contribution is 0.337. The molecule has 0 saturated carbocycles. The number of pyridine rings is 1. The van der Waals surface area contributed by atoms with Gasteiger partial charge in [-0.3, -0.25) is 4.98 Å². The minimum Gasteiger partial charge on any atom is -0.366 e. The Morgan fingerprint density at radius 1 is 1.37 bits per heavy atom. The van der Waals surface area contributed by atoms with Crippen LogP contribution in [0.4, 0.5) is 5.69 Å². The maximum absolute atomic E-state index is 9.40. The van der Waals surface area contributed by atoms with E-state index in [1.54, 1.807) is 0 Å². The van der Waals surface area contributed by atoms with Crippen molar-refractivity contribution in [1.29, 1.82) is 5.26 Å². The summed E-state index contributed by atoms with van der Waals surface area (Å²) < 4.78 is 0. The lowest BCUT2D eigenvalue weighted by atomic mass is 10.1. The molecule has 1 saturated heterocycles. The van der Waals surface area contributed by atoms with E-state index in [1.807, 2.05) is 19.9 Å². The quantitative estimate of drug-likeness (QED) is 0.773. The summed E-state index contributed by atoms with van der Waals surface area (Å²) in [5.74, 6) is 0. The summed E-state index contributed by atoms with van der Waals surface area (Å²) in [6.45, 7) is 9.30. The molecule has 1 aromatic rings. The zero-order valence-electron chi connectivity index (χ0n) is 12.3. The SMILES string of the molecule is Cc1cc(N2CCCN(C)CC2C)c(C#N)c(C)n1. The molecule has 4 heteroatoms. The summed E-state index contributed by atoms with van der Waals surface area (Å²) in [7, 11) is 2.16. The van der Waals surface area contributed by atoms with Gasteiger partial charge in [0.15, 0.2) is 0 Å². The number of hydrogen-bond acceptors (Lipinski definition) is 4. The Balaban J connectivity index is 2.43. The number of nitrogens with zero attached hydrogens (tertiary/aromatic N) is 4. The van der Waals surface area contributed by atoms with Gasteiger partial charge in [-0.15, -0.1) is 0 Å². The van der Waals surface area contributed by atoms with E-state index in [9.17, 15) is 5.26 Å². The highest BCUT2D eigenvalue weighted by atomic mass is 15.2. The van der Waals surface area contributed by atoms with Gasteiger partial charge in [-0.1, -0.05) is 0 Å². The van der Waals surface area contributed by atoms with Crippen LogP contribution in [0, 0.1) is 25.2 Å². The molecule has 0 radical (unpaired) electrons. The van der Waals surface area contributed by atoms with Crippen molar-refractivity contribution in [3.63, 3.8) is 0 Å². The van der Waals surface area contributed by atoms with Gasteiger partial charge in [-0.25, -0.2) is 0 Å². The summed E-state index contributed by atoms with van der Waals surface area (Å²) in [5, 5.41) is 9.40.